The van der Waals surface area contributed by atoms with Crippen LogP contribution in [0.25, 0.3) is 0 Å². The van der Waals surface area contributed by atoms with Crippen molar-refractivity contribution >= 4 is 17.7 Å². The van der Waals surface area contributed by atoms with Crippen LogP contribution in [0, 0.1) is 0 Å². The molecule has 0 aliphatic carbocycles. The minimum atomic E-state index is -0.753. The fourth-order valence-corrected chi connectivity index (χ4v) is 1.22. The maximum atomic E-state index is 10.3. The van der Waals surface area contributed by atoms with Gasteiger partial charge in [-0.05, 0) is 5.41 Å². The van der Waals surface area contributed by atoms with Gasteiger partial charge in [0.2, 0.25) is 0 Å². The molecule has 0 aromatic carbocycles. The van der Waals surface area contributed by atoms with Crippen molar-refractivity contribution in [1.29, 1.82) is 0 Å². The molecule has 0 spiro atoms. The predicted molar refractivity (Wildman–Crippen MR) is 36.2 cm³/mol. The number of carboxylic acid groups (broad SMARTS) is 1. The summed E-state index contributed by atoms with van der Waals surface area (Å²) >= 11 is 1.33. The van der Waals surface area contributed by atoms with Gasteiger partial charge in [-0.2, -0.15) is 0 Å². The molecule has 0 aromatic heterocycles. The Hall–Kier alpha value is -0.640. The van der Waals surface area contributed by atoms with Crippen LogP contribution in [0.5, 0.6) is 0 Å². The fraction of sp³-hybridized carbons (Fsp3) is 0.400. The highest BCUT2D eigenvalue weighted by Crippen LogP contribution is 2.14. The third-order valence-corrected chi connectivity index (χ3v) is 2.00. The molecule has 0 aromatic rings. The van der Waals surface area contributed by atoms with Gasteiger partial charge in [0.25, 0.3) is 0 Å². The molecule has 4 heteroatoms. The first-order valence-electron chi connectivity index (χ1n) is 2.57. The van der Waals surface area contributed by atoms with Crippen LogP contribution in [0.1, 0.15) is 0 Å². The molecule has 1 unspecified atom stereocenters. The van der Waals surface area contributed by atoms with Crippen molar-refractivity contribution in [3.05, 3.63) is 11.6 Å². The Morgan fingerprint density at radius 1 is 1.89 bits per heavy atom. The lowest BCUT2D eigenvalue weighted by molar-refractivity contribution is -0.136. The summed E-state index contributed by atoms with van der Waals surface area (Å²) in [5.41, 5.74) is 0. The molecule has 9 heavy (non-hydrogen) atoms. The van der Waals surface area contributed by atoms with Gasteiger partial charge in [0.05, 0.1) is 0 Å². The average molecular weight is 145 g/mol. The number of hydrogen-bond donors (Lipinski definition) is 2. The summed E-state index contributed by atoms with van der Waals surface area (Å²) in [5.74, 6) is -0.753. The van der Waals surface area contributed by atoms with Crippen LogP contribution in [0.15, 0.2) is 11.6 Å². The maximum absolute atomic E-state index is 10.3. The lowest BCUT2D eigenvalue weighted by Gasteiger charge is -2.12. The summed E-state index contributed by atoms with van der Waals surface area (Å²) in [6, 6.07) is 0. The van der Waals surface area contributed by atoms with Gasteiger partial charge in [0.1, 0.15) is 5.25 Å². The summed E-state index contributed by atoms with van der Waals surface area (Å²) in [4.78, 5) is 10.3. The van der Waals surface area contributed by atoms with Crippen molar-refractivity contribution in [2.75, 3.05) is 6.54 Å². The average Bonchev–Trinajstić information content (AvgIpc) is 1.90. The number of aliphatic carboxylic acids is 1. The van der Waals surface area contributed by atoms with E-state index < -0.39 is 5.97 Å². The van der Waals surface area contributed by atoms with Crippen molar-refractivity contribution in [2.45, 2.75) is 5.25 Å². The number of hydrogen-bond acceptors (Lipinski definition) is 3. The van der Waals surface area contributed by atoms with Gasteiger partial charge in [-0.25, -0.2) is 0 Å². The highest BCUT2D eigenvalue weighted by molar-refractivity contribution is 8.03. The number of thioether (sulfide) groups is 1. The first-order valence-corrected chi connectivity index (χ1v) is 3.51. The fourth-order valence-electron chi connectivity index (χ4n) is 0.551. The van der Waals surface area contributed by atoms with Gasteiger partial charge < -0.3 is 10.4 Å². The summed E-state index contributed by atoms with van der Waals surface area (Å²) in [7, 11) is 0. The molecule has 0 fully saturated rings. The smallest absolute Gasteiger partial charge is 0.318 e. The number of carbonyl (C=O) groups is 1. The SMILES string of the molecule is O=C(O)C1CNC=CS1. The zero-order valence-electron chi connectivity index (χ0n) is 4.70. The monoisotopic (exact) mass is 145 g/mol. The van der Waals surface area contributed by atoms with Crippen LogP contribution in [0.3, 0.4) is 0 Å². The molecular weight excluding hydrogens is 138 g/mol. The summed E-state index contributed by atoms with van der Waals surface area (Å²) in [6.07, 6.45) is 1.75. The zero-order chi connectivity index (χ0) is 6.69. The molecule has 2 N–H and O–H groups in total. The van der Waals surface area contributed by atoms with Crippen molar-refractivity contribution in [2.24, 2.45) is 0 Å². The van der Waals surface area contributed by atoms with Crippen LogP contribution >= 0.6 is 11.8 Å². The van der Waals surface area contributed by atoms with Crippen LogP contribution in [-0.2, 0) is 4.79 Å². The standard InChI is InChI=1S/C5H7NO2S/c7-5(8)4-3-6-1-2-9-4/h1-2,4,6H,3H2,(H,7,8). The first-order chi connectivity index (χ1) is 4.30. The van der Waals surface area contributed by atoms with E-state index in [0.717, 1.165) is 0 Å². The molecule has 0 bridgehead atoms. The molecule has 0 saturated carbocycles. The summed E-state index contributed by atoms with van der Waals surface area (Å²) in [5, 5.41) is 12.7. The van der Waals surface area contributed by atoms with Crippen LogP contribution in [-0.4, -0.2) is 22.9 Å². The van der Waals surface area contributed by atoms with Crippen LogP contribution in [0.2, 0.25) is 0 Å². The van der Waals surface area contributed by atoms with Gasteiger partial charge in [-0.15, -0.1) is 11.8 Å². The van der Waals surface area contributed by atoms with Crippen molar-refractivity contribution in [1.82, 2.24) is 5.32 Å². The minimum Gasteiger partial charge on any atom is -0.480 e. The van der Waals surface area contributed by atoms with E-state index in [0.29, 0.717) is 6.54 Å². The minimum absolute atomic E-state index is 0.310. The van der Waals surface area contributed by atoms with Crippen molar-refractivity contribution < 1.29 is 9.90 Å². The molecule has 50 valence electrons. The highest BCUT2D eigenvalue weighted by atomic mass is 32.2. The van der Waals surface area contributed by atoms with Gasteiger partial charge in [-0.1, -0.05) is 0 Å². The molecule has 1 atom stereocenters. The highest BCUT2D eigenvalue weighted by Gasteiger charge is 2.17. The quantitative estimate of drug-likeness (QED) is 0.555. The Morgan fingerprint density at radius 2 is 2.67 bits per heavy atom. The van der Waals surface area contributed by atoms with E-state index in [-0.39, 0.29) is 5.25 Å². The third-order valence-electron chi connectivity index (χ3n) is 1.01. The largest absolute Gasteiger partial charge is 0.480 e. The molecule has 1 aliphatic heterocycles. The molecular formula is C5H7NO2S. The van der Waals surface area contributed by atoms with Gasteiger partial charge >= 0.3 is 5.97 Å². The van der Waals surface area contributed by atoms with E-state index in [1.807, 2.05) is 0 Å². The van der Waals surface area contributed by atoms with E-state index in [4.69, 9.17) is 5.11 Å². The Kier molecular flexibility index (Phi) is 2.00. The predicted octanol–water partition coefficient (Wildman–Crippen LogP) is 0.247. The summed E-state index contributed by atoms with van der Waals surface area (Å²) < 4.78 is 0. The second-order valence-electron chi connectivity index (χ2n) is 1.67. The lowest BCUT2D eigenvalue weighted by Crippen LogP contribution is -2.29. The molecule has 1 rings (SSSR count). The zero-order valence-corrected chi connectivity index (χ0v) is 5.52. The Balaban J connectivity index is 2.44. The molecule has 3 nitrogen and oxygen atoms in total. The van der Waals surface area contributed by atoms with E-state index in [2.05, 4.69) is 5.32 Å². The number of rotatable bonds is 1. The van der Waals surface area contributed by atoms with Gasteiger partial charge in [0, 0.05) is 12.7 Å². The molecule has 0 amide bonds. The van der Waals surface area contributed by atoms with Crippen molar-refractivity contribution in [3.63, 3.8) is 0 Å². The molecule has 1 heterocycles. The lowest BCUT2D eigenvalue weighted by atomic mass is 10.4. The van der Waals surface area contributed by atoms with E-state index >= 15 is 0 Å². The Bertz CT molecular complexity index is 146. The van der Waals surface area contributed by atoms with E-state index in [1.54, 1.807) is 11.6 Å². The topological polar surface area (TPSA) is 49.3 Å². The van der Waals surface area contributed by atoms with Crippen LogP contribution < -0.4 is 5.32 Å². The van der Waals surface area contributed by atoms with Gasteiger partial charge in [-0.3, -0.25) is 4.79 Å². The van der Waals surface area contributed by atoms with Crippen LogP contribution in [0.4, 0.5) is 0 Å². The first kappa shape index (κ1) is 6.48. The second-order valence-corrected chi connectivity index (χ2v) is 2.79. The van der Waals surface area contributed by atoms with Gasteiger partial charge in [0.15, 0.2) is 0 Å². The molecule has 1 aliphatic rings. The number of carboxylic acids is 1. The summed E-state index contributed by atoms with van der Waals surface area (Å²) in [6.45, 7) is 0.524. The maximum Gasteiger partial charge on any atom is 0.318 e. The van der Waals surface area contributed by atoms with E-state index in [1.165, 1.54) is 11.8 Å². The normalized spacial score (nSPS) is 25.1. The Labute approximate surface area is 57.1 Å². The van der Waals surface area contributed by atoms with Crippen molar-refractivity contribution in [3.8, 4) is 0 Å². The van der Waals surface area contributed by atoms with E-state index in [9.17, 15) is 4.79 Å². The second kappa shape index (κ2) is 2.77. The Morgan fingerprint density at radius 3 is 3.00 bits per heavy atom. The molecule has 0 saturated heterocycles. The third kappa shape index (κ3) is 1.64. The molecule has 0 radical (unpaired) electrons. The number of nitrogens with one attached hydrogen (secondary N) is 1.